The number of furan rings is 1. The highest BCUT2D eigenvalue weighted by Gasteiger charge is 2.42. The fourth-order valence-corrected chi connectivity index (χ4v) is 9.26. The quantitative estimate of drug-likeness (QED) is 0.173. The molecule has 0 radical (unpaired) electrons. The molecular weight excluding hydrogens is 635 g/mol. The van der Waals surface area contributed by atoms with Gasteiger partial charge in [0.1, 0.15) is 0 Å². The number of rotatable bonds is 4. The summed E-state index contributed by atoms with van der Waals surface area (Å²) in [6, 6.07) is 36.0. The number of hydrogen-bond donors (Lipinski definition) is 0. The zero-order valence-corrected chi connectivity index (χ0v) is 31.0. The lowest BCUT2D eigenvalue weighted by Crippen LogP contribution is -2.48. The normalized spacial score (nSPS) is 16.9. The molecule has 2 atom stereocenters. The lowest BCUT2D eigenvalue weighted by Gasteiger charge is -2.31. The highest BCUT2D eigenvalue weighted by molar-refractivity contribution is 6.09. The molecule has 258 valence electrons. The van der Waals surface area contributed by atoms with Gasteiger partial charge >= 0.3 is 0 Å². The molecule has 0 N–H and O–H groups in total. The smallest absolute Gasteiger partial charge is 0.227 e. The van der Waals surface area contributed by atoms with Crippen molar-refractivity contribution in [2.24, 2.45) is 0 Å². The van der Waals surface area contributed by atoms with E-state index < -0.39 is 0 Å². The SMILES string of the molecule is C=C1CC2c3ccccc3-c3cccc[n+]3C2CCc2ccc3c(oc4nc(-c5c(C)cccc5C)ccc43)c2-c2ccc(C(C)(CC)CC)c[n+]21. The molecule has 0 spiro atoms. The molecule has 7 aromatic rings. The monoisotopic (exact) mass is 681 g/mol. The molecule has 6 heterocycles. The van der Waals surface area contributed by atoms with Crippen LogP contribution in [0.1, 0.15) is 86.2 Å². The number of pyridine rings is 3. The molecule has 9 rings (SSSR count). The van der Waals surface area contributed by atoms with Crippen molar-refractivity contribution in [2.75, 3.05) is 0 Å². The number of nitrogens with zero attached hydrogens (tertiary/aromatic N) is 3. The summed E-state index contributed by atoms with van der Waals surface area (Å²) < 4.78 is 11.9. The van der Waals surface area contributed by atoms with Gasteiger partial charge in [-0.25, -0.2) is 4.98 Å². The summed E-state index contributed by atoms with van der Waals surface area (Å²) in [6.07, 6.45) is 9.59. The first-order chi connectivity index (χ1) is 25.3. The zero-order valence-electron chi connectivity index (χ0n) is 31.0. The lowest BCUT2D eigenvalue weighted by atomic mass is 9.77. The van der Waals surface area contributed by atoms with Crippen LogP contribution in [0.2, 0.25) is 0 Å². The molecule has 0 amide bonds. The molecule has 2 unspecified atom stereocenters. The minimum Gasteiger partial charge on any atom is -0.437 e. The summed E-state index contributed by atoms with van der Waals surface area (Å²) in [5, 5.41) is 2.15. The number of fused-ring (bicyclic) bond motifs is 13. The number of benzene rings is 3. The maximum absolute atomic E-state index is 6.94. The van der Waals surface area contributed by atoms with Crippen LogP contribution in [0, 0.1) is 13.8 Å². The summed E-state index contributed by atoms with van der Waals surface area (Å²) in [5.74, 6) is 0.292. The van der Waals surface area contributed by atoms with Gasteiger partial charge in [-0.1, -0.05) is 69.3 Å². The van der Waals surface area contributed by atoms with E-state index in [1.807, 2.05) is 0 Å². The molecule has 0 saturated heterocycles. The van der Waals surface area contributed by atoms with Gasteiger partial charge in [-0.3, -0.25) is 0 Å². The van der Waals surface area contributed by atoms with Crippen molar-refractivity contribution >= 4 is 27.8 Å². The van der Waals surface area contributed by atoms with Gasteiger partial charge in [-0.15, -0.1) is 0 Å². The Bertz CT molecular complexity index is 2530. The largest absolute Gasteiger partial charge is 0.437 e. The minimum atomic E-state index is 0.0641. The molecule has 0 saturated carbocycles. The average Bonchev–Trinajstić information content (AvgIpc) is 3.54. The third-order valence-electron chi connectivity index (χ3n) is 12.6. The van der Waals surface area contributed by atoms with Crippen LogP contribution in [-0.2, 0) is 11.8 Å². The van der Waals surface area contributed by atoms with E-state index >= 15 is 0 Å². The van der Waals surface area contributed by atoms with Crippen molar-refractivity contribution in [1.29, 1.82) is 0 Å². The molecule has 4 nitrogen and oxygen atoms in total. The molecule has 52 heavy (non-hydrogen) atoms. The molecule has 0 bridgehead atoms. The summed E-state index contributed by atoms with van der Waals surface area (Å²) in [7, 11) is 0. The van der Waals surface area contributed by atoms with Crippen molar-refractivity contribution in [1.82, 2.24) is 4.98 Å². The predicted octanol–water partition coefficient (Wildman–Crippen LogP) is 11.4. The second-order valence-electron chi connectivity index (χ2n) is 15.4. The van der Waals surface area contributed by atoms with Gasteiger partial charge in [-0.2, -0.15) is 9.13 Å². The predicted molar refractivity (Wildman–Crippen MR) is 212 cm³/mol. The van der Waals surface area contributed by atoms with E-state index in [-0.39, 0.29) is 11.5 Å². The first-order valence-electron chi connectivity index (χ1n) is 19.1. The Labute approximate surface area is 307 Å². The second kappa shape index (κ2) is 12.4. The zero-order chi connectivity index (χ0) is 35.7. The third kappa shape index (κ3) is 4.98. The number of allylic oxidation sites excluding steroid dienone is 1. The van der Waals surface area contributed by atoms with Gasteiger partial charge < -0.3 is 4.42 Å². The summed E-state index contributed by atoms with van der Waals surface area (Å²) >= 11 is 0. The van der Waals surface area contributed by atoms with E-state index in [2.05, 4.69) is 153 Å². The molecular formula is C48H47N3O+2. The van der Waals surface area contributed by atoms with E-state index in [1.165, 1.54) is 44.6 Å². The average molecular weight is 682 g/mol. The van der Waals surface area contributed by atoms with Crippen LogP contribution in [0.5, 0.6) is 0 Å². The van der Waals surface area contributed by atoms with Gasteiger partial charge in [0.05, 0.1) is 17.2 Å². The first-order valence-corrected chi connectivity index (χ1v) is 19.1. The Kier molecular flexibility index (Phi) is 7.77. The fourth-order valence-electron chi connectivity index (χ4n) is 9.26. The standard InChI is InChI=1S/C48H47N3O/c1-7-48(6,8-2)34-21-26-43-45-33(19-22-37-38-23-24-40(49-47(38)52-46(37)45)44-30(3)14-13-15-31(44)4)20-25-42-39(28-32(5)51(43)29-34)35-16-9-10-17-36(35)41-18-11-12-27-50(41)42/h9-19,21-24,26-27,29,39,42H,5,7-8,20,25,28H2,1-4,6H3/q+2. The Hall–Kier alpha value is -5.35. The minimum absolute atomic E-state index is 0.0641. The van der Waals surface area contributed by atoms with Crippen LogP contribution in [0.3, 0.4) is 0 Å². The van der Waals surface area contributed by atoms with Crippen LogP contribution in [0.15, 0.2) is 120 Å². The maximum Gasteiger partial charge on any atom is 0.227 e. The van der Waals surface area contributed by atoms with Crippen molar-refractivity contribution < 1.29 is 13.6 Å². The Morgan fingerprint density at radius 3 is 2.38 bits per heavy atom. The van der Waals surface area contributed by atoms with Gasteiger partial charge in [0.15, 0.2) is 29.7 Å². The van der Waals surface area contributed by atoms with Crippen molar-refractivity contribution in [2.45, 2.75) is 84.1 Å². The molecule has 2 aliphatic heterocycles. The van der Waals surface area contributed by atoms with Crippen LogP contribution < -0.4 is 9.13 Å². The van der Waals surface area contributed by atoms with Crippen molar-refractivity contribution in [3.8, 4) is 33.8 Å². The van der Waals surface area contributed by atoms with E-state index in [9.17, 15) is 0 Å². The highest BCUT2D eigenvalue weighted by atomic mass is 16.3. The first kappa shape index (κ1) is 32.6. The lowest BCUT2D eigenvalue weighted by molar-refractivity contribution is -0.719. The van der Waals surface area contributed by atoms with E-state index in [0.29, 0.717) is 11.6 Å². The molecule has 2 aliphatic rings. The van der Waals surface area contributed by atoms with Gasteiger partial charge in [0, 0.05) is 58.5 Å². The summed E-state index contributed by atoms with van der Waals surface area (Å²) in [6.45, 7) is 16.2. The number of hydrogen-bond acceptors (Lipinski definition) is 2. The van der Waals surface area contributed by atoms with Crippen molar-refractivity contribution in [3.63, 3.8) is 0 Å². The maximum atomic E-state index is 6.94. The van der Waals surface area contributed by atoms with Crippen LogP contribution in [0.4, 0.5) is 0 Å². The van der Waals surface area contributed by atoms with Gasteiger partial charge in [-0.05, 0) is 97.7 Å². The van der Waals surface area contributed by atoms with Crippen LogP contribution in [0.25, 0.3) is 61.5 Å². The summed E-state index contributed by atoms with van der Waals surface area (Å²) in [5.41, 5.74) is 16.3. The molecule has 3 aromatic carbocycles. The molecule has 0 fully saturated rings. The summed E-state index contributed by atoms with van der Waals surface area (Å²) in [4.78, 5) is 5.17. The Balaban J connectivity index is 1.29. The van der Waals surface area contributed by atoms with E-state index in [1.54, 1.807) is 0 Å². The second-order valence-corrected chi connectivity index (χ2v) is 15.4. The highest BCUT2D eigenvalue weighted by Crippen LogP contribution is 2.46. The van der Waals surface area contributed by atoms with Crippen LogP contribution >= 0.6 is 0 Å². The Morgan fingerprint density at radius 2 is 1.58 bits per heavy atom. The van der Waals surface area contributed by atoms with Gasteiger partial charge in [0.2, 0.25) is 17.1 Å². The molecule has 4 aromatic heterocycles. The van der Waals surface area contributed by atoms with Crippen LogP contribution in [-0.4, -0.2) is 4.98 Å². The number of aryl methyl sites for hydroxylation is 3. The van der Waals surface area contributed by atoms with Crippen molar-refractivity contribution in [3.05, 3.63) is 144 Å². The molecule has 0 aliphatic carbocycles. The fraction of sp³-hybridized carbons (Fsp3) is 0.271. The topological polar surface area (TPSA) is 33.8 Å². The van der Waals surface area contributed by atoms with E-state index in [4.69, 9.17) is 16.0 Å². The van der Waals surface area contributed by atoms with E-state index in [0.717, 1.165) is 71.1 Å². The molecule has 4 heteroatoms. The van der Waals surface area contributed by atoms with Gasteiger partial charge in [0.25, 0.3) is 0 Å². The number of aromatic nitrogens is 3. The Morgan fingerprint density at radius 1 is 0.808 bits per heavy atom. The third-order valence-corrected chi connectivity index (χ3v) is 12.6.